The van der Waals surface area contributed by atoms with Crippen molar-refractivity contribution in [1.29, 1.82) is 0 Å². The molecule has 152 valence electrons. The zero-order valence-corrected chi connectivity index (χ0v) is 17.7. The molecule has 0 bridgehead atoms. The molecule has 1 N–H and O–H groups in total. The van der Waals surface area contributed by atoms with Crippen LogP contribution in [0.5, 0.6) is 0 Å². The summed E-state index contributed by atoms with van der Waals surface area (Å²) in [6, 6.07) is 17.7. The van der Waals surface area contributed by atoms with E-state index in [1.165, 1.54) is 17.1 Å². The highest BCUT2D eigenvalue weighted by molar-refractivity contribution is 6.35. The maximum absolute atomic E-state index is 13.4. The number of nitrogens with zero attached hydrogens (tertiary/aromatic N) is 2. The summed E-state index contributed by atoms with van der Waals surface area (Å²) in [5.74, 6) is -0.547. The van der Waals surface area contributed by atoms with Gasteiger partial charge in [0.25, 0.3) is 0 Å². The summed E-state index contributed by atoms with van der Waals surface area (Å²) < 4.78 is 13.4. The minimum absolute atomic E-state index is 0.222. The van der Waals surface area contributed by atoms with E-state index < -0.39 is 6.03 Å². The minimum atomic E-state index is -0.426. The van der Waals surface area contributed by atoms with Gasteiger partial charge >= 0.3 is 6.03 Å². The number of hydrogen-bond acceptors (Lipinski definition) is 2. The predicted molar refractivity (Wildman–Crippen MR) is 119 cm³/mol. The molecule has 0 saturated carbocycles. The summed E-state index contributed by atoms with van der Waals surface area (Å²) in [5.41, 5.74) is 2.84. The van der Waals surface area contributed by atoms with Gasteiger partial charge in [-0.05, 0) is 53.6 Å². The number of hydrogen-bond donors (Lipinski definition) is 1. The molecule has 4 rings (SSSR count). The Morgan fingerprint density at radius 1 is 0.933 bits per heavy atom. The number of halogens is 4. The average molecular weight is 463 g/mol. The Morgan fingerprint density at radius 3 is 2.20 bits per heavy atom. The van der Waals surface area contributed by atoms with E-state index in [9.17, 15) is 9.18 Å². The Labute approximate surface area is 187 Å². The Hall–Kier alpha value is -2.60. The van der Waals surface area contributed by atoms with Crippen molar-refractivity contribution < 1.29 is 9.18 Å². The van der Waals surface area contributed by atoms with Gasteiger partial charge in [-0.1, -0.05) is 59.1 Å². The van der Waals surface area contributed by atoms with Gasteiger partial charge in [0.15, 0.2) is 0 Å². The molecule has 1 heterocycles. The van der Waals surface area contributed by atoms with Crippen LogP contribution in [0.2, 0.25) is 15.1 Å². The van der Waals surface area contributed by atoms with E-state index in [-0.39, 0.29) is 11.7 Å². The fourth-order valence-electron chi connectivity index (χ4n) is 3.28. The van der Waals surface area contributed by atoms with Crippen molar-refractivity contribution in [2.45, 2.75) is 5.92 Å². The molecule has 30 heavy (non-hydrogen) atoms. The molecule has 0 aromatic heterocycles. The van der Waals surface area contributed by atoms with Gasteiger partial charge in [-0.25, -0.2) is 14.2 Å². The molecule has 1 aliphatic rings. The van der Waals surface area contributed by atoms with Crippen molar-refractivity contribution >= 4 is 52.2 Å². The third kappa shape index (κ3) is 4.59. The first kappa shape index (κ1) is 20.7. The molecule has 3 aromatic rings. The molecule has 1 aliphatic heterocycles. The minimum Gasteiger partial charge on any atom is -0.306 e. The number of rotatable bonds is 3. The number of anilines is 1. The van der Waals surface area contributed by atoms with Crippen molar-refractivity contribution in [3.63, 3.8) is 0 Å². The summed E-state index contributed by atoms with van der Waals surface area (Å²) >= 11 is 18.0. The molecule has 4 nitrogen and oxygen atoms in total. The summed E-state index contributed by atoms with van der Waals surface area (Å²) in [7, 11) is 0. The fourth-order valence-corrected chi connectivity index (χ4v) is 3.93. The first-order valence-electron chi connectivity index (χ1n) is 9.03. The van der Waals surface area contributed by atoms with Crippen LogP contribution < -0.4 is 5.32 Å². The number of carbonyl (C=O) groups is 1. The van der Waals surface area contributed by atoms with Gasteiger partial charge in [-0.2, -0.15) is 5.10 Å². The van der Waals surface area contributed by atoms with Crippen molar-refractivity contribution in [2.24, 2.45) is 5.10 Å². The van der Waals surface area contributed by atoms with Crippen LogP contribution >= 0.6 is 34.8 Å². The van der Waals surface area contributed by atoms with Crippen LogP contribution in [0.25, 0.3) is 0 Å². The lowest BCUT2D eigenvalue weighted by Gasteiger charge is -2.16. The number of benzene rings is 3. The Kier molecular flexibility index (Phi) is 5.95. The van der Waals surface area contributed by atoms with E-state index in [1.807, 2.05) is 12.1 Å². The maximum atomic E-state index is 13.4. The second-order valence-corrected chi connectivity index (χ2v) is 8.08. The molecule has 2 amide bonds. The van der Waals surface area contributed by atoms with E-state index >= 15 is 0 Å². The van der Waals surface area contributed by atoms with Gasteiger partial charge < -0.3 is 5.32 Å². The van der Waals surface area contributed by atoms with Crippen LogP contribution in [-0.4, -0.2) is 23.3 Å². The molecular weight excluding hydrogens is 448 g/mol. The third-order valence-electron chi connectivity index (χ3n) is 4.67. The van der Waals surface area contributed by atoms with E-state index in [0.717, 1.165) is 11.1 Å². The Bertz CT molecular complexity index is 1100. The number of nitrogens with one attached hydrogen (secondary N) is 1. The molecule has 0 aliphatic carbocycles. The normalized spacial score (nSPS) is 15.8. The highest BCUT2D eigenvalue weighted by atomic mass is 35.5. The average Bonchev–Trinajstić information content (AvgIpc) is 3.14. The van der Waals surface area contributed by atoms with Gasteiger partial charge in [-0.3, -0.25) is 0 Å². The third-order valence-corrected chi connectivity index (χ3v) is 5.36. The Balaban J connectivity index is 1.64. The number of amides is 2. The van der Waals surface area contributed by atoms with E-state index in [2.05, 4.69) is 10.4 Å². The van der Waals surface area contributed by atoms with Crippen LogP contribution in [0, 0.1) is 5.82 Å². The largest absolute Gasteiger partial charge is 0.342 e. The van der Waals surface area contributed by atoms with Crippen LogP contribution in [-0.2, 0) is 0 Å². The van der Waals surface area contributed by atoms with Gasteiger partial charge in [0.05, 0.1) is 12.3 Å². The molecular formula is C22H15Cl3FN3O. The van der Waals surface area contributed by atoms with Crippen molar-refractivity contribution in [1.82, 2.24) is 5.01 Å². The lowest BCUT2D eigenvalue weighted by molar-refractivity contribution is 0.218. The summed E-state index contributed by atoms with van der Waals surface area (Å²) in [4.78, 5) is 12.8. The van der Waals surface area contributed by atoms with Gasteiger partial charge in [-0.15, -0.1) is 0 Å². The van der Waals surface area contributed by atoms with Crippen molar-refractivity contribution in [2.75, 3.05) is 11.9 Å². The molecule has 1 atom stereocenters. The molecule has 0 saturated heterocycles. The zero-order valence-electron chi connectivity index (χ0n) is 15.4. The number of urea groups is 1. The second-order valence-electron chi connectivity index (χ2n) is 6.77. The molecule has 0 radical (unpaired) electrons. The van der Waals surface area contributed by atoms with Gasteiger partial charge in [0.1, 0.15) is 5.82 Å². The fraction of sp³-hybridized carbons (Fsp3) is 0.0909. The van der Waals surface area contributed by atoms with Crippen molar-refractivity contribution in [3.05, 3.63) is 98.7 Å². The number of hydrazone groups is 1. The quantitative estimate of drug-likeness (QED) is 0.456. The molecule has 3 aromatic carbocycles. The predicted octanol–water partition coefficient (Wildman–Crippen LogP) is 6.82. The standard InChI is InChI=1S/C22H15Cl3FN3O/c23-15-5-1-14(2-6-15)21-20(13-3-7-18(26)8-4-13)12-29(28-21)22(30)27-19-10-16(24)9-17(25)11-19/h1-11,20H,12H2,(H,27,30). The molecule has 0 fully saturated rings. The van der Waals surface area contributed by atoms with E-state index in [0.29, 0.717) is 33.0 Å². The highest BCUT2D eigenvalue weighted by Gasteiger charge is 2.32. The SMILES string of the molecule is O=C(Nc1cc(Cl)cc(Cl)c1)N1CC(c2ccc(F)cc2)C(c2ccc(Cl)cc2)=N1. The molecule has 1 unspecified atom stereocenters. The van der Waals surface area contributed by atoms with Crippen LogP contribution in [0.4, 0.5) is 14.9 Å². The second kappa shape index (κ2) is 8.64. The lowest BCUT2D eigenvalue weighted by Crippen LogP contribution is -2.30. The van der Waals surface area contributed by atoms with Crippen LogP contribution in [0.1, 0.15) is 17.0 Å². The van der Waals surface area contributed by atoms with E-state index in [1.54, 1.807) is 42.5 Å². The lowest BCUT2D eigenvalue weighted by atomic mass is 9.90. The first-order valence-corrected chi connectivity index (χ1v) is 10.2. The monoisotopic (exact) mass is 461 g/mol. The maximum Gasteiger partial charge on any atom is 0.342 e. The van der Waals surface area contributed by atoms with Gasteiger partial charge in [0.2, 0.25) is 0 Å². The number of carbonyl (C=O) groups excluding carboxylic acids is 1. The highest BCUT2D eigenvalue weighted by Crippen LogP contribution is 2.30. The van der Waals surface area contributed by atoms with Crippen LogP contribution in [0.3, 0.4) is 0 Å². The van der Waals surface area contributed by atoms with Crippen molar-refractivity contribution in [3.8, 4) is 0 Å². The Morgan fingerprint density at radius 2 is 1.57 bits per heavy atom. The smallest absolute Gasteiger partial charge is 0.306 e. The summed E-state index contributed by atoms with van der Waals surface area (Å²) in [5, 5.41) is 10.1. The first-order chi connectivity index (χ1) is 14.4. The summed E-state index contributed by atoms with van der Waals surface area (Å²) in [6.07, 6.45) is 0. The molecule has 8 heteroatoms. The van der Waals surface area contributed by atoms with Gasteiger partial charge in [0, 0.05) is 26.7 Å². The topological polar surface area (TPSA) is 44.7 Å². The zero-order chi connectivity index (χ0) is 21.3. The molecule has 0 spiro atoms. The van der Waals surface area contributed by atoms with Crippen LogP contribution in [0.15, 0.2) is 71.8 Å². The van der Waals surface area contributed by atoms with E-state index in [4.69, 9.17) is 34.8 Å². The summed E-state index contributed by atoms with van der Waals surface area (Å²) in [6.45, 7) is 0.295.